The van der Waals surface area contributed by atoms with E-state index in [0.717, 1.165) is 11.9 Å². The zero-order chi connectivity index (χ0) is 21.2. The number of benzene rings is 2. The molecule has 3 heterocycles. The van der Waals surface area contributed by atoms with Crippen LogP contribution in [0.15, 0.2) is 36.4 Å². The van der Waals surface area contributed by atoms with Gasteiger partial charge in [0.25, 0.3) is 0 Å². The van der Waals surface area contributed by atoms with Gasteiger partial charge in [-0.25, -0.2) is 4.39 Å². The monoisotopic (exact) mass is 408 g/mol. The van der Waals surface area contributed by atoms with Gasteiger partial charge in [-0.05, 0) is 69.1 Å². The van der Waals surface area contributed by atoms with E-state index in [2.05, 4.69) is 41.6 Å². The number of aryl methyl sites for hydroxylation is 1. The lowest BCUT2D eigenvalue weighted by atomic mass is 9.94. The second-order valence-corrected chi connectivity index (χ2v) is 9.21. The van der Waals surface area contributed by atoms with Gasteiger partial charge in [0.15, 0.2) is 11.6 Å². The number of aliphatic hydroxyl groups is 1. The highest BCUT2D eigenvalue weighted by atomic mass is 19.1. The maximum absolute atomic E-state index is 14.3. The molecule has 2 aliphatic heterocycles. The van der Waals surface area contributed by atoms with Crippen molar-refractivity contribution in [1.29, 1.82) is 0 Å². The van der Waals surface area contributed by atoms with E-state index in [9.17, 15) is 9.50 Å². The van der Waals surface area contributed by atoms with E-state index in [4.69, 9.17) is 4.74 Å². The smallest absolute Gasteiger partial charge is 0.165 e. The largest absolute Gasteiger partial charge is 0.494 e. The highest BCUT2D eigenvalue weighted by Gasteiger charge is 2.41. The maximum Gasteiger partial charge on any atom is 0.165 e. The molecular formula is C25H29FN2O2. The van der Waals surface area contributed by atoms with Crippen LogP contribution in [-0.2, 0) is 18.6 Å². The third kappa shape index (κ3) is 2.87. The van der Waals surface area contributed by atoms with E-state index >= 15 is 0 Å². The van der Waals surface area contributed by atoms with Crippen LogP contribution >= 0.6 is 0 Å². The van der Waals surface area contributed by atoms with Crippen molar-refractivity contribution in [1.82, 2.24) is 9.47 Å². The second kappa shape index (κ2) is 6.82. The summed E-state index contributed by atoms with van der Waals surface area (Å²) in [6.07, 6.45) is 3.38. The van der Waals surface area contributed by atoms with Crippen LogP contribution in [0.5, 0.6) is 5.75 Å². The Morgan fingerprint density at radius 2 is 2.00 bits per heavy atom. The maximum atomic E-state index is 14.3. The van der Waals surface area contributed by atoms with Crippen molar-refractivity contribution >= 4 is 10.9 Å². The lowest BCUT2D eigenvalue weighted by molar-refractivity contribution is 0.0378. The molecule has 5 heteroatoms. The van der Waals surface area contributed by atoms with Crippen LogP contribution in [0.2, 0.25) is 0 Å². The number of hydrogen-bond donors (Lipinski definition) is 1. The van der Waals surface area contributed by atoms with Crippen LogP contribution in [-0.4, -0.2) is 34.8 Å². The summed E-state index contributed by atoms with van der Waals surface area (Å²) in [6.45, 7) is 4.28. The van der Waals surface area contributed by atoms with E-state index in [1.807, 2.05) is 0 Å². The zero-order valence-electron chi connectivity index (χ0n) is 18.1. The minimum absolute atomic E-state index is 0.188. The summed E-state index contributed by atoms with van der Waals surface area (Å²) in [7, 11) is 3.68. The predicted octanol–water partition coefficient (Wildman–Crippen LogP) is 4.70. The molecule has 2 aliphatic rings. The Bertz CT molecular complexity index is 1130. The molecule has 1 aromatic heterocycles. The molecule has 0 saturated carbocycles. The predicted molar refractivity (Wildman–Crippen MR) is 116 cm³/mol. The Morgan fingerprint density at radius 3 is 2.73 bits per heavy atom. The standard InChI is InChI=1S/C25H29FN2O2/c1-15-5-8-20-18(11-15)24-21-9-7-17(27(21)3)13-22(24)28(20)14-25(2,29)16-6-10-23(30-4)19(26)12-16/h5-6,8,10-12,17,21,29H,7,9,13-14H2,1-4H3. The summed E-state index contributed by atoms with van der Waals surface area (Å²) < 4.78 is 21.7. The highest BCUT2D eigenvalue weighted by Crippen LogP contribution is 2.47. The molecule has 1 N–H and O–H groups in total. The molecule has 0 spiro atoms. The van der Waals surface area contributed by atoms with Crippen molar-refractivity contribution in [3.05, 3.63) is 64.6 Å². The summed E-state index contributed by atoms with van der Waals surface area (Å²) in [4.78, 5) is 2.52. The van der Waals surface area contributed by atoms with Crippen LogP contribution in [0, 0.1) is 12.7 Å². The molecule has 2 aromatic carbocycles. The average molecular weight is 409 g/mol. The molecule has 1 saturated heterocycles. The summed E-state index contributed by atoms with van der Waals surface area (Å²) in [5.41, 5.74) is 4.49. The van der Waals surface area contributed by atoms with E-state index in [-0.39, 0.29) is 5.75 Å². The van der Waals surface area contributed by atoms with Gasteiger partial charge in [0, 0.05) is 35.1 Å². The Kier molecular flexibility index (Phi) is 4.46. The first-order chi connectivity index (χ1) is 14.3. The molecule has 3 aromatic rings. The van der Waals surface area contributed by atoms with Gasteiger partial charge in [0.05, 0.1) is 13.7 Å². The van der Waals surface area contributed by atoms with E-state index in [1.165, 1.54) is 48.2 Å². The summed E-state index contributed by atoms with van der Waals surface area (Å²) >= 11 is 0. The Labute approximate surface area is 176 Å². The Morgan fingerprint density at radius 1 is 1.20 bits per heavy atom. The van der Waals surface area contributed by atoms with E-state index in [0.29, 0.717) is 24.2 Å². The zero-order valence-corrected chi connectivity index (χ0v) is 18.1. The molecule has 158 valence electrons. The van der Waals surface area contributed by atoms with Crippen LogP contribution in [0.3, 0.4) is 0 Å². The fourth-order valence-corrected chi connectivity index (χ4v) is 5.55. The molecule has 3 atom stereocenters. The first kappa shape index (κ1) is 19.6. The first-order valence-corrected chi connectivity index (χ1v) is 10.7. The molecule has 30 heavy (non-hydrogen) atoms. The molecule has 5 rings (SSSR count). The minimum Gasteiger partial charge on any atom is -0.494 e. The third-order valence-electron chi connectivity index (χ3n) is 7.21. The SMILES string of the molecule is COc1ccc(C(C)(O)Cn2c3c(c4cc(C)ccc42)C2CCC(C3)N2C)cc1F. The number of ether oxygens (including phenoxy) is 1. The molecule has 0 amide bonds. The minimum atomic E-state index is -1.21. The number of methoxy groups -OCH3 is 1. The summed E-state index contributed by atoms with van der Waals surface area (Å²) in [6, 6.07) is 12.3. The van der Waals surface area contributed by atoms with Gasteiger partial charge < -0.3 is 14.4 Å². The number of likely N-dealkylation sites (N-methyl/N-ethyl adjacent to an activating group) is 1. The molecule has 0 aliphatic carbocycles. The van der Waals surface area contributed by atoms with E-state index < -0.39 is 11.4 Å². The van der Waals surface area contributed by atoms with Gasteiger partial charge in [-0.3, -0.25) is 4.90 Å². The first-order valence-electron chi connectivity index (χ1n) is 10.7. The number of halogens is 1. The van der Waals surface area contributed by atoms with Crippen LogP contribution < -0.4 is 4.74 Å². The van der Waals surface area contributed by atoms with Crippen molar-refractivity contribution in [2.24, 2.45) is 0 Å². The quantitative estimate of drug-likeness (QED) is 0.680. The number of fused-ring (bicyclic) bond motifs is 6. The topological polar surface area (TPSA) is 37.6 Å². The van der Waals surface area contributed by atoms with Crippen molar-refractivity contribution in [3.8, 4) is 5.75 Å². The summed E-state index contributed by atoms with van der Waals surface area (Å²) in [5, 5.41) is 12.7. The third-order valence-corrected chi connectivity index (χ3v) is 7.21. The van der Waals surface area contributed by atoms with Gasteiger partial charge in [0.2, 0.25) is 0 Å². The molecule has 2 bridgehead atoms. The second-order valence-electron chi connectivity index (χ2n) is 9.21. The Balaban J connectivity index is 1.63. The highest BCUT2D eigenvalue weighted by molar-refractivity contribution is 5.87. The van der Waals surface area contributed by atoms with Crippen molar-refractivity contribution in [3.63, 3.8) is 0 Å². The van der Waals surface area contributed by atoms with Gasteiger partial charge in [-0.2, -0.15) is 0 Å². The Hall–Kier alpha value is -2.37. The molecule has 0 radical (unpaired) electrons. The fourth-order valence-electron chi connectivity index (χ4n) is 5.55. The van der Waals surface area contributed by atoms with Crippen molar-refractivity contribution < 1.29 is 14.2 Å². The van der Waals surface area contributed by atoms with Gasteiger partial charge in [-0.1, -0.05) is 17.7 Å². The van der Waals surface area contributed by atoms with Crippen molar-refractivity contribution in [2.45, 2.75) is 57.3 Å². The molecule has 1 fully saturated rings. The lowest BCUT2D eigenvalue weighted by Gasteiger charge is -2.33. The number of rotatable bonds is 4. The molecule has 3 unspecified atom stereocenters. The van der Waals surface area contributed by atoms with Crippen LogP contribution in [0.25, 0.3) is 10.9 Å². The number of aromatic nitrogens is 1. The average Bonchev–Trinajstić information content (AvgIpc) is 3.11. The number of nitrogens with zero attached hydrogens (tertiary/aromatic N) is 2. The van der Waals surface area contributed by atoms with E-state index in [1.54, 1.807) is 19.1 Å². The van der Waals surface area contributed by atoms with Gasteiger partial charge in [0.1, 0.15) is 5.60 Å². The molecule has 4 nitrogen and oxygen atoms in total. The number of hydrogen-bond acceptors (Lipinski definition) is 3. The van der Waals surface area contributed by atoms with Gasteiger partial charge >= 0.3 is 0 Å². The molecular weight excluding hydrogens is 379 g/mol. The van der Waals surface area contributed by atoms with Crippen LogP contribution in [0.1, 0.15) is 48.2 Å². The van der Waals surface area contributed by atoms with Gasteiger partial charge in [-0.15, -0.1) is 0 Å². The lowest BCUT2D eigenvalue weighted by Crippen LogP contribution is -2.36. The summed E-state index contributed by atoms with van der Waals surface area (Å²) in [5.74, 6) is -0.265. The normalized spacial score (nSPS) is 22.9. The fraction of sp³-hybridized carbons (Fsp3) is 0.440. The van der Waals surface area contributed by atoms with Crippen molar-refractivity contribution in [2.75, 3.05) is 14.2 Å². The van der Waals surface area contributed by atoms with Crippen LogP contribution in [0.4, 0.5) is 4.39 Å².